The molecule has 0 unspecified atom stereocenters. The maximum atomic E-state index is 13.9. The Morgan fingerprint density at radius 1 is 1.17 bits per heavy atom. The number of aryl methyl sites for hydroxylation is 1. The van der Waals surface area contributed by atoms with Crippen molar-refractivity contribution >= 4 is 28.7 Å². The van der Waals surface area contributed by atoms with Crippen molar-refractivity contribution in [3.05, 3.63) is 81.6 Å². The Labute approximate surface area is 175 Å². The molecule has 0 saturated carbocycles. The van der Waals surface area contributed by atoms with Crippen LogP contribution in [0.2, 0.25) is 5.02 Å². The molecule has 2 heterocycles. The topological polar surface area (TPSA) is 81.3 Å². The summed E-state index contributed by atoms with van der Waals surface area (Å²) in [5, 5.41) is 11.0. The summed E-state index contributed by atoms with van der Waals surface area (Å²) in [5.74, 6) is -1.26. The number of carbonyl (C=O) groups excluding carboxylic acids is 1. The largest absolute Gasteiger partial charge is 0.322 e. The highest BCUT2D eigenvalue weighted by molar-refractivity contribution is 6.30. The van der Waals surface area contributed by atoms with Crippen LogP contribution < -0.4 is 10.9 Å². The second-order valence-electron chi connectivity index (χ2n) is 6.68. The lowest BCUT2D eigenvalue weighted by Gasteiger charge is -2.07. The number of anilines is 1. The number of hydrogen-bond acceptors (Lipinski definition) is 4. The van der Waals surface area contributed by atoms with Gasteiger partial charge in [-0.15, -0.1) is 0 Å². The van der Waals surface area contributed by atoms with Crippen molar-refractivity contribution in [3.63, 3.8) is 0 Å². The van der Waals surface area contributed by atoms with Crippen LogP contribution in [0.25, 0.3) is 16.8 Å². The number of nitrogens with zero attached hydrogens (tertiary/aromatic N) is 4. The second-order valence-corrected chi connectivity index (χ2v) is 7.11. The maximum Gasteiger partial charge on any atom is 0.293 e. The van der Waals surface area contributed by atoms with Crippen LogP contribution in [-0.4, -0.2) is 25.3 Å². The second kappa shape index (κ2) is 8.08. The molecule has 0 aliphatic heterocycles. The summed E-state index contributed by atoms with van der Waals surface area (Å²) in [7, 11) is 0. The normalized spacial score (nSPS) is 11.0. The third kappa shape index (κ3) is 3.95. The summed E-state index contributed by atoms with van der Waals surface area (Å²) in [6.07, 6.45) is 2.29. The van der Waals surface area contributed by atoms with Crippen molar-refractivity contribution in [3.8, 4) is 11.3 Å². The van der Waals surface area contributed by atoms with Crippen LogP contribution >= 0.6 is 11.6 Å². The van der Waals surface area contributed by atoms with Crippen LogP contribution in [-0.2, 0) is 17.8 Å². The zero-order valence-corrected chi connectivity index (χ0v) is 16.7. The number of rotatable bonds is 5. The molecule has 1 N–H and O–H groups in total. The Morgan fingerprint density at radius 3 is 2.63 bits per heavy atom. The Kier molecular flexibility index (Phi) is 5.33. The van der Waals surface area contributed by atoms with E-state index in [9.17, 15) is 14.0 Å². The van der Waals surface area contributed by atoms with E-state index in [4.69, 9.17) is 11.6 Å². The molecule has 9 heteroatoms. The van der Waals surface area contributed by atoms with E-state index in [1.165, 1.54) is 28.5 Å². The van der Waals surface area contributed by atoms with Gasteiger partial charge in [0.05, 0.1) is 11.4 Å². The van der Waals surface area contributed by atoms with Crippen LogP contribution in [0.5, 0.6) is 0 Å². The van der Waals surface area contributed by atoms with Gasteiger partial charge >= 0.3 is 0 Å². The van der Waals surface area contributed by atoms with Crippen molar-refractivity contribution in [1.29, 1.82) is 0 Å². The van der Waals surface area contributed by atoms with Crippen LogP contribution in [0.15, 0.2) is 59.7 Å². The zero-order valence-electron chi connectivity index (χ0n) is 16.0. The van der Waals surface area contributed by atoms with E-state index in [-0.39, 0.29) is 22.8 Å². The van der Waals surface area contributed by atoms with Gasteiger partial charge in [0.2, 0.25) is 5.91 Å². The standard InChI is InChI=1S/C21H17ClFN5O2/c1-2-13-3-5-14(6-4-13)18-10-19-21(30)27(24-12-28(19)26-18)11-20(29)25-17-8-7-15(22)9-16(17)23/h3-10,12H,2,11H2,1H3,(H,25,29). The highest BCUT2D eigenvalue weighted by Gasteiger charge is 2.14. The number of benzene rings is 2. The number of carbonyl (C=O) groups is 1. The molecule has 0 aliphatic carbocycles. The van der Waals surface area contributed by atoms with E-state index in [1.54, 1.807) is 6.07 Å². The summed E-state index contributed by atoms with van der Waals surface area (Å²) in [5.41, 5.74) is 2.48. The summed E-state index contributed by atoms with van der Waals surface area (Å²) in [6.45, 7) is 1.70. The molecule has 0 saturated heterocycles. The molecule has 2 aromatic heterocycles. The Bertz CT molecular complexity index is 1300. The highest BCUT2D eigenvalue weighted by Crippen LogP contribution is 2.20. The molecular weight excluding hydrogens is 409 g/mol. The van der Waals surface area contributed by atoms with Crippen LogP contribution in [0.3, 0.4) is 0 Å². The number of aromatic nitrogens is 4. The van der Waals surface area contributed by atoms with Gasteiger partial charge in [-0.2, -0.15) is 10.2 Å². The van der Waals surface area contributed by atoms with Gasteiger partial charge < -0.3 is 5.32 Å². The molecule has 1 amide bonds. The van der Waals surface area contributed by atoms with Gasteiger partial charge in [0.25, 0.3) is 5.56 Å². The minimum absolute atomic E-state index is 0.0271. The lowest BCUT2D eigenvalue weighted by Crippen LogP contribution is -2.30. The van der Waals surface area contributed by atoms with Gasteiger partial charge in [-0.1, -0.05) is 42.8 Å². The highest BCUT2D eigenvalue weighted by atomic mass is 35.5. The van der Waals surface area contributed by atoms with Gasteiger partial charge in [0.15, 0.2) is 0 Å². The van der Waals surface area contributed by atoms with E-state index >= 15 is 0 Å². The molecule has 0 atom stereocenters. The lowest BCUT2D eigenvalue weighted by atomic mass is 10.1. The molecule has 0 bridgehead atoms. The van der Waals surface area contributed by atoms with E-state index in [0.717, 1.165) is 22.7 Å². The van der Waals surface area contributed by atoms with Gasteiger partial charge in [0, 0.05) is 10.6 Å². The fraction of sp³-hybridized carbons (Fsp3) is 0.143. The van der Waals surface area contributed by atoms with Crippen molar-refractivity contribution in [2.24, 2.45) is 0 Å². The van der Waals surface area contributed by atoms with Crippen LogP contribution in [0, 0.1) is 5.82 Å². The molecule has 4 rings (SSSR count). The maximum absolute atomic E-state index is 13.9. The molecule has 152 valence electrons. The van der Waals surface area contributed by atoms with Gasteiger partial charge in [-0.3, -0.25) is 9.59 Å². The minimum Gasteiger partial charge on any atom is -0.322 e. The molecule has 0 fully saturated rings. The van der Waals surface area contributed by atoms with E-state index in [0.29, 0.717) is 5.69 Å². The number of amides is 1. The number of hydrogen-bond donors (Lipinski definition) is 1. The Balaban J connectivity index is 1.58. The van der Waals surface area contributed by atoms with Gasteiger partial charge in [-0.25, -0.2) is 13.6 Å². The van der Waals surface area contributed by atoms with Crippen molar-refractivity contribution < 1.29 is 9.18 Å². The summed E-state index contributed by atoms with van der Waals surface area (Å²) >= 11 is 5.70. The number of fused-ring (bicyclic) bond motifs is 1. The van der Waals surface area contributed by atoms with Crippen LogP contribution in [0.4, 0.5) is 10.1 Å². The predicted octanol–water partition coefficient (Wildman–Crippen LogP) is 3.55. The first-order chi connectivity index (χ1) is 14.4. The van der Waals surface area contributed by atoms with E-state index < -0.39 is 17.3 Å². The Hall–Kier alpha value is -3.52. The molecule has 30 heavy (non-hydrogen) atoms. The summed E-state index contributed by atoms with van der Waals surface area (Å²) < 4.78 is 16.2. The fourth-order valence-electron chi connectivity index (χ4n) is 3.02. The molecule has 7 nitrogen and oxygen atoms in total. The molecule has 0 spiro atoms. The van der Waals surface area contributed by atoms with Crippen molar-refractivity contribution in [2.75, 3.05) is 5.32 Å². The molecular formula is C21H17ClFN5O2. The number of halogens is 2. The molecule has 0 aliphatic rings. The lowest BCUT2D eigenvalue weighted by molar-refractivity contribution is -0.117. The Morgan fingerprint density at radius 2 is 1.93 bits per heavy atom. The van der Waals surface area contributed by atoms with E-state index in [1.807, 2.05) is 24.3 Å². The van der Waals surface area contributed by atoms with Crippen molar-refractivity contribution in [2.45, 2.75) is 19.9 Å². The average Bonchev–Trinajstić information content (AvgIpc) is 3.17. The quantitative estimate of drug-likeness (QED) is 0.530. The number of nitrogens with one attached hydrogen (secondary N) is 1. The zero-order chi connectivity index (χ0) is 21.3. The third-order valence-corrected chi connectivity index (χ3v) is 4.88. The van der Waals surface area contributed by atoms with Crippen LogP contribution in [0.1, 0.15) is 12.5 Å². The molecule has 2 aromatic carbocycles. The monoisotopic (exact) mass is 425 g/mol. The smallest absolute Gasteiger partial charge is 0.293 e. The van der Waals surface area contributed by atoms with Gasteiger partial charge in [0.1, 0.15) is 24.2 Å². The first kappa shape index (κ1) is 19.8. The molecule has 4 aromatic rings. The van der Waals surface area contributed by atoms with E-state index in [2.05, 4.69) is 22.4 Å². The third-order valence-electron chi connectivity index (χ3n) is 4.65. The summed E-state index contributed by atoms with van der Waals surface area (Å²) in [6, 6.07) is 13.5. The minimum atomic E-state index is -0.666. The summed E-state index contributed by atoms with van der Waals surface area (Å²) in [4.78, 5) is 25.0. The first-order valence-corrected chi connectivity index (χ1v) is 9.62. The van der Waals surface area contributed by atoms with Gasteiger partial charge in [-0.05, 0) is 36.2 Å². The predicted molar refractivity (Wildman–Crippen MR) is 112 cm³/mol. The van der Waals surface area contributed by atoms with Crippen molar-refractivity contribution in [1.82, 2.24) is 19.4 Å². The fourth-order valence-corrected chi connectivity index (χ4v) is 3.18. The average molecular weight is 426 g/mol. The first-order valence-electron chi connectivity index (χ1n) is 9.24. The SMILES string of the molecule is CCc1ccc(-c2cc3c(=O)n(CC(=O)Nc4ccc(Cl)cc4F)ncn3n2)cc1. The molecule has 0 radical (unpaired) electrons.